The van der Waals surface area contributed by atoms with Gasteiger partial charge in [-0.3, -0.25) is 4.79 Å². The van der Waals surface area contributed by atoms with Crippen LogP contribution in [0.3, 0.4) is 0 Å². The number of para-hydroxylation sites is 1. The molecule has 132 valence electrons. The maximum absolute atomic E-state index is 13.0. The minimum absolute atomic E-state index is 0.193. The van der Waals surface area contributed by atoms with Crippen LogP contribution in [0.15, 0.2) is 67.3 Å². The smallest absolute Gasteiger partial charge is 0.255 e. The highest BCUT2D eigenvalue weighted by atomic mass is 16.6. The van der Waals surface area contributed by atoms with E-state index in [1.54, 1.807) is 24.7 Å². The van der Waals surface area contributed by atoms with E-state index in [1.807, 2.05) is 47.2 Å². The topological polar surface area (TPSA) is 65.4 Å². The lowest BCUT2D eigenvalue weighted by molar-refractivity contribution is 0.0921. The van der Waals surface area contributed by atoms with Gasteiger partial charge in [-0.2, -0.15) is 0 Å². The molecular formula is C20H19N3O3. The molecule has 0 fully saturated rings. The van der Waals surface area contributed by atoms with Crippen LogP contribution in [0.25, 0.3) is 0 Å². The first-order valence-electron chi connectivity index (χ1n) is 8.51. The van der Waals surface area contributed by atoms with Crippen LogP contribution < -0.4 is 14.8 Å². The van der Waals surface area contributed by atoms with Crippen LogP contribution in [0.2, 0.25) is 0 Å². The molecule has 0 aliphatic carbocycles. The molecule has 6 nitrogen and oxygen atoms in total. The lowest BCUT2D eigenvalue weighted by Crippen LogP contribution is -2.32. The van der Waals surface area contributed by atoms with Crippen LogP contribution in [0.5, 0.6) is 11.5 Å². The second kappa shape index (κ2) is 7.31. The molecule has 1 amide bonds. The Kier molecular flexibility index (Phi) is 4.55. The average Bonchev–Trinajstić information content (AvgIpc) is 3.21. The van der Waals surface area contributed by atoms with Gasteiger partial charge in [-0.15, -0.1) is 0 Å². The fraction of sp³-hybridized carbons (Fsp3) is 0.200. The van der Waals surface area contributed by atoms with Gasteiger partial charge in [-0.25, -0.2) is 4.98 Å². The molecule has 1 aliphatic heterocycles. The van der Waals surface area contributed by atoms with Crippen LogP contribution in [-0.2, 0) is 6.54 Å². The van der Waals surface area contributed by atoms with Crippen LogP contribution in [0.4, 0.5) is 0 Å². The number of imidazole rings is 1. The Labute approximate surface area is 151 Å². The number of amides is 1. The highest BCUT2D eigenvalue weighted by molar-refractivity contribution is 5.98. The molecule has 2 aromatic carbocycles. The zero-order valence-corrected chi connectivity index (χ0v) is 14.2. The van der Waals surface area contributed by atoms with Crippen molar-refractivity contribution in [2.75, 3.05) is 13.2 Å². The Balaban J connectivity index is 1.60. The number of hydrogen-bond donors (Lipinski definition) is 1. The van der Waals surface area contributed by atoms with E-state index in [0.29, 0.717) is 36.8 Å². The minimum Gasteiger partial charge on any atom is -0.486 e. The average molecular weight is 349 g/mol. The molecule has 3 aromatic rings. The summed E-state index contributed by atoms with van der Waals surface area (Å²) in [6, 6.07) is 15.1. The molecule has 2 heterocycles. The summed E-state index contributed by atoms with van der Waals surface area (Å²) in [5.41, 5.74) is 1.50. The largest absolute Gasteiger partial charge is 0.486 e. The van der Waals surface area contributed by atoms with Crippen molar-refractivity contribution in [3.8, 4) is 11.5 Å². The summed E-state index contributed by atoms with van der Waals surface area (Å²) in [5, 5.41) is 3.11. The number of nitrogens with zero attached hydrogens (tertiary/aromatic N) is 2. The fourth-order valence-corrected chi connectivity index (χ4v) is 3.01. The third kappa shape index (κ3) is 3.39. The lowest BCUT2D eigenvalue weighted by Gasteiger charge is -2.23. The second-order valence-corrected chi connectivity index (χ2v) is 6.03. The van der Waals surface area contributed by atoms with E-state index < -0.39 is 0 Å². The molecule has 1 atom stereocenters. The highest BCUT2D eigenvalue weighted by Crippen LogP contribution is 2.33. The van der Waals surface area contributed by atoms with Crippen molar-refractivity contribution in [2.24, 2.45) is 0 Å². The summed E-state index contributed by atoms with van der Waals surface area (Å²) >= 11 is 0. The van der Waals surface area contributed by atoms with Gasteiger partial charge in [0.05, 0.1) is 17.9 Å². The Hall–Kier alpha value is -3.28. The van der Waals surface area contributed by atoms with E-state index in [9.17, 15) is 4.79 Å². The van der Waals surface area contributed by atoms with Gasteiger partial charge in [0.1, 0.15) is 13.2 Å². The number of fused-ring (bicyclic) bond motifs is 1. The zero-order valence-electron chi connectivity index (χ0n) is 14.2. The molecule has 1 N–H and O–H groups in total. The predicted octanol–water partition coefficient (Wildman–Crippen LogP) is 2.83. The molecule has 4 rings (SSSR count). The molecule has 0 unspecified atom stereocenters. The lowest BCUT2D eigenvalue weighted by atomic mass is 10.1. The Morgan fingerprint density at radius 2 is 1.96 bits per heavy atom. The summed E-state index contributed by atoms with van der Waals surface area (Å²) in [6.45, 7) is 1.52. The number of carbonyl (C=O) groups is 1. The van der Waals surface area contributed by atoms with Crippen molar-refractivity contribution in [2.45, 2.75) is 12.6 Å². The summed E-state index contributed by atoms with van der Waals surface area (Å²) in [5.74, 6) is 0.918. The van der Waals surface area contributed by atoms with Gasteiger partial charge in [0.15, 0.2) is 11.5 Å². The molecule has 0 spiro atoms. The second-order valence-electron chi connectivity index (χ2n) is 6.03. The van der Waals surface area contributed by atoms with E-state index in [4.69, 9.17) is 9.47 Å². The first-order valence-corrected chi connectivity index (χ1v) is 8.51. The van der Waals surface area contributed by atoms with Crippen molar-refractivity contribution in [1.82, 2.24) is 14.9 Å². The van der Waals surface area contributed by atoms with Crippen molar-refractivity contribution in [3.63, 3.8) is 0 Å². The minimum atomic E-state index is -0.196. The Morgan fingerprint density at radius 1 is 1.12 bits per heavy atom. The third-order valence-electron chi connectivity index (χ3n) is 4.27. The molecule has 1 aliphatic rings. The van der Waals surface area contributed by atoms with E-state index in [-0.39, 0.29) is 11.9 Å². The molecule has 1 aromatic heterocycles. The van der Waals surface area contributed by atoms with Crippen LogP contribution in [0, 0.1) is 0 Å². The van der Waals surface area contributed by atoms with Gasteiger partial charge in [-0.1, -0.05) is 36.4 Å². The molecule has 0 saturated heterocycles. The van der Waals surface area contributed by atoms with Gasteiger partial charge >= 0.3 is 0 Å². The summed E-state index contributed by atoms with van der Waals surface area (Å²) < 4.78 is 13.2. The van der Waals surface area contributed by atoms with Gasteiger partial charge in [0.25, 0.3) is 5.91 Å². The Morgan fingerprint density at radius 3 is 2.77 bits per heavy atom. The number of aromatic nitrogens is 2. The molecule has 0 bridgehead atoms. The van der Waals surface area contributed by atoms with Crippen molar-refractivity contribution in [1.29, 1.82) is 0 Å². The van der Waals surface area contributed by atoms with E-state index in [1.165, 1.54) is 0 Å². The first-order chi connectivity index (χ1) is 12.8. The van der Waals surface area contributed by atoms with Gasteiger partial charge in [0, 0.05) is 18.9 Å². The van der Waals surface area contributed by atoms with E-state index in [0.717, 1.165) is 5.56 Å². The van der Waals surface area contributed by atoms with Crippen LogP contribution >= 0.6 is 0 Å². The predicted molar refractivity (Wildman–Crippen MR) is 96.3 cm³/mol. The molecule has 0 radical (unpaired) electrons. The maximum Gasteiger partial charge on any atom is 0.255 e. The third-order valence-corrected chi connectivity index (χ3v) is 4.27. The standard InChI is InChI=1S/C20H19N3O3/c24-20(16-7-4-8-18-19(16)26-12-11-25-18)22-17(13-23-10-9-21-14-23)15-5-2-1-3-6-15/h1-10,14,17H,11-13H2,(H,22,24)/t17-/m0/s1. The maximum atomic E-state index is 13.0. The van der Waals surface area contributed by atoms with Gasteiger partial charge in [-0.05, 0) is 17.7 Å². The SMILES string of the molecule is O=C(N[C@@H](Cn1ccnc1)c1ccccc1)c1cccc2c1OCCO2. The van der Waals surface area contributed by atoms with Crippen molar-refractivity contribution < 1.29 is 14.3 Å². The number of nitrogens with one attached hydrogen (secondary N) is 1. The molecule has 0 saturated carbocycles. The quantitative estimate of drug-likeness (QED) is 0.769. The summed E-state index contributed by atoms with van der Waals surface area (Å²) in [4.78, 5) is 17.0. The Bertz CT molecular complexity index is 879. The van der Waals surface area contributed by atoms with Crippen LogP contribution in [-0.4, -0.2) is 28.7 Å². The molecule has 26 heavy (non-hydrogen) atoms. The first kappa shape index (κ1) is 16.2. The molecular weight excluding hydrogens is 330 g/mol. The summed E-state index contributed by atoms with van der Waals surface area (Å²) in [6.07, 6.45) is 5.34. The number of rotatable bonds is 5. The molecule has 6 heteroatoms. The normalized spacial score (nSPS) is 13.8. The number of hydrogen-bond acceptors (Lipinski definition) is 4. The fourth-order valence-electron chi connectivity index (χ4n) is 3.01. The van der Waals surface area contributed by atoms with Gasteiger partial charge < -0.3 is 19.4 Å². The highest BCUT2D eigenvalue weighted by Gasteiger charge is 2.23. The zero-order chi connectivity index (χ0) is 17.8. The summed E-state index contributed by atoms with van der Waals surface area (Å²) in [7, 11) is 0. The number of carbonyl (C=O) groups excluding carboxylic acids is 1. The monoisotopic (exact) mass is 349 g/mol. The van der Waals surface area contributed by atoms with Gasteiger partial charge in [0.2, 0.25) is 0 Å². The number of benzene rings is 2. The van der Waals surface area contributed by atoms with E-state index in [2.05, 4.69) is 10.3 Å². The van der Waals surface area contributed by atoms with Crippen molar-refractivity contribution >= 4 is 5.91 Å². The van der Waals surface area contributed by atoms with Crippen molar-refractivity contribution in [3.05, 3.63) is 78.4 Å². The van der Waals surface area contributed by atoms with E-state index >= 15 is 0 Å². The van der Waals surface area contributed by atoms with Crippen LogP contribution in [0.1, 0.15) is 22.0 Å². The number of ether oxygens (including phenoxy) is 2.